The van der Waals surface area contributed by atoms with Crippen molar-refractivity contribution in [3.63, 3.8) is 0 Å². The molecule has 5 heteroatoms. The van der Waals surface area contributed by atoms with Gasteiger partial charge in [0.05, 0.1) is 3.57 Å². The Morgan fingerprint density at radius 2 is 2.15 bits per heavy atom. The van der Waals surface area contributed by atoms with Gasteiger partial charge >= 0.3 is 0 Å². The van der Waals surface area contributed by atoms with Gasteiger partial charge in [-0.15, -0.1) is 0 Å². The van der Waals surface area contributed by atoms with Crippen LogP contribution >= 0.6 is 22.6 Å². The number of amides is 1. The van der Waals surface area contributed by atoms with Crippen molar-refractivity contribution in [1.82, 2.24) is 10.2 Å². The number of benzene rings is 1. The number of carbonyl (C=O) groups is 1. The molecule has 0 spiro atoms. The van der Waals surface area contributed by atoms with E-state index in [2.05, 4.69) is 34.8 Å². The molecule has 0 aromatic heterocycles. The normalized spacial score (nSPS) is 16.4. The molecule has 1 aromatic rings. The highest BCUT2D eigenvalue weighted by Crippen LogP contribution is 2.23. The van der Waals surface area contributed by atoms with Crippen molar-refractivity contribution in [1.29, 1.82) is 0 Å². The van der Waals surface area contributed by atoms with Gasteiger partial charge in [-0.05, 0) is 72.6 Å². The Kier molecular flexibility index (Phi) is 5.65. The average Bonchev–Trinajstić information content (AvgIpc) is 2.48. The van der Waals surface area contributed by atoms with Crippen molar-refractivity contribution >= 4 is 28.5 Å². The number of nitrogens with zero attached hydrogens (tertiary/aromatic N) is 1. The molecule has 1 aliphatic rings. The van der Waals surface area contributed by atoms with Crippen LogP contribution in [0.3, 0.4) is 0 Å². The van der Waals surface area contributed by atoms with E-state index >= 15 is 0 Å². The summed E-state index contributed by atoms with van der Waals surface area (Å²) in [6.07, 6.45) is 2.10. The van der Waals surface area contributed by atoms with Crippen molar-refractivity contribution in [3.8, 4) is 5.75 Å². The van der Waals surface area contributed by atoms with Gasteiger partial charge in [0.15, 0.2) is 0 Å². The first kappa shape index (κ1) is 15.6. The minimum Gasteiger partial charge on any atom is -0.507 e. The van der Waals surface area contributed by atoms with Crippen LogP contribution in [0.25, 0.3) is 0 Å². The molecule has 2 rings (SSSR count). The Morgan fingerprint density at radius 1 is 1.45 bits per heavy atom. The van der Waals surface area contributed by atoms with Gasteiger partial charge < -0.3 is 15.3 Å². The number of nitrogens with one attached hydrogen (secondary N) is 1. The Hall–Kier alpha value is -0.820. The maximum atomic E-state index is 12.4. The van der Waals surface area contributed by atoms with Crippen LogP contribution in [0.2, 0.25) is 0 Å². The number of piperidine rings is 1. The van der Waals surface area contributed by atoms with E-state index < -0.39 is 0 Å². The van der Waals surface area contributed by atoms with E-state index in [-0.39, 0.29) is 11.7 Å². The molecule has 1 aromatic carbocycles. The molecule has 0 bridgehead atoms. The van der Waals surface area contributed by atoms with E-state index in [0.717, 1.165) is 42.6 Å². The highest BCUT2D eigenvalue weighted by molar-refractivity contribution is 14.1. The van der Waals surface area contributed by atoms with Gasteiger partial charge in [0, 0.05) is 18.7 Å². The number of carbonyl (C=O) groups excluding carboxylic acids is 1. The molecule has 4 nitrogen and oxygen atoms in total. The van der Waals surface area contributed by atoms with Gasteiger partial charge in [-0.3, -0.25) is 4.79 Å². The molecule has 1 heterocycles. The first-order chi connectivity index (χ1) is 9.61. The zero-order chi connectivity index (χ0) is 14.5. The van der Waals surface area contributed by atoms with Crippen molar-refractivity contribution in [2.24, 2.45) is 5.92 Å². The molecule has 1 fully saturated rings. The fraction of sp³-hybridized carbons (Fsp3) is 0.533. The molecule has 1 amide bonds. The van der Waals surface area contributed by atoms with Gasteiger partial charge in [0.1, 0.15) is 5.75 Å². The summed E-state index contributed by atoms with van der Waals surface area (Å²) in [6, 6.07) is 5.13. The first-order valence-electron chi connectivity index (χ1n) is 7.10. The lowest BCUT2D eigenvalue weighted by Gasteiger charge is -2.32. The summed E-state index contributed by atoms with van der Waals surface area (Å²) in [5.74, 6) is 0.876. The van der Waals surface area contributed by atoms with Crippen LogP contribution in [-0.4, -0.2) is 42.1 Å². The Balaban J connectivity index is 1.92. The topological polar surface area (TPSA) is 52.6 Å². The summed E-state index contributed by atoms with van der Waals surface area (Å²) in [7, 11) is 0. The fourth-order valence-corrected chi connectivity index (χ4v) is 2.85. The molecule has 110 valence electrons. The second-order valence-corrected chi connectivity index (χ2v) is 6.37. The monoisotopic (exact) mass is 388 g/mol. The smallest absolute Gasteiger partial charge is 0.253 e. The fourth-order valence-electron chi connectivity index (χ4n) is 2.52. The van der Waals surface area contributed by atoms with Crippen LogP contribution in [0.15, 0.2) is 18.2 Å². The van der Waals surface area contributed by atoms with Gasteiger partial charge in [-0.25, -0.2) is 0 Å². The quantitative estimate of drug-likeness (QED) is 0.780. The zero-order valence-corrected chi connectivity index (χ0v) is 13.9. The van der Waals surface area contributed by atoms with Crippen molar-refractivity contribution in [2.45, 2.75) is 19.8 Å². The second-order valence-electron chi connectivity index (χ2n) is 5.21. The Labute approximate surface area is 133 Å². The van der Waals surface area contributed by atoms with Crippen molar-refractivity contribution < 1.29 is 9.90 Å². The van der Waals surface area contributed by atoms with Gasteiger partial charge in [-0.1, -0.05) is 6.92 Å². The number of hydrogen-bond acceptors (Lipinski definition) is 3. The minimum atomic E-state index is 0.0265. The third-order valence-corrected chi connectivity index (χ3v) is 4.69. The highest BCUT2D eigenvalue weighted by atomic mass is 127. The maximum Gasteiger partial charge on any atom is 0.253 e. The molecule has 0 atom stereocenters. The lowest BCUT2D eigenvalue weighted by molar-refractivity contribution is 0.0690. The molecule has 20 heavy (non-hydrogen) atoms. The molecule has 1 saturated heterocycles. The SMILES string of the molecule is CCNCC1CCN(C(=O)c2ccc(I)c(O)c2)CC1. The number of likely N-dealkylation sites (tertiary alicyclic amines) is 1. The van der Waals surface area contributed by atoms with Crippen LogP contribution in [0.5, 0.6) is 5.75 Å². The molecule has 0 unspecified atom stereocenters. The van der Waals surface area contributed by atoms with Gasteiger partial charge in [-0.2, -0.15) is 0 Å². The van der Waals surface area contributed by atoms with E-state index in [9.17, 15) is 9.90 Å². The van der Waals surface area contributed by atoms with Crippen LogP contribution < -0.4 is 5.32 Å². The Bertz CT molecular complexity index is 471. The van der Waals surface area contributed by atoms with Gasteiger partial charge in [0.25, 0.3) is 5.91 Å². The van der Waals surface area contributed by atoms with E-state index in [0.29, 0.717) is 11.5 Å². The number of halogens is 1. The van der Waals surface area contributed by atoms with E-state index in [4.69, 9.17) is 0 Å². The molecule has 2 N–H and O–H groups in total. The Morgan fingerprint density at radius 3 is 2.75 bits per heavy atom. The number of rotatable bonds is 4. The third-order valence-electron chi connectivity index (χ3n) is 3.78. The maximum absolute atomic E-state index is 12.4. The number of aromatic hydroxyl groups is 1. The van der Waals surface area contributed by atoms with Gasteiger partial charge in [0.2, 0.25) is 0 Å². The van der Waals surface area contributed by atoms with Crippen molar-refractivity contribution in [3.05, 3.63) is 27.3 Å². The van der Waals surface area contributed by atoms with E-state index in [1.165, 1.54) is 0 Å². The van der Waals surface area contributed by atoms with E-state index in [1.807, 2.05) is 4.90 Å². The summed E-state index contributed by atoms with van der Waals surface area (Å²) in [6.45, 7) is 5.77. The third kappa shape index (κ3) is 3.85. The zero-order valence-electron chi connectivity index (χ0n) is 11.7. The first-order valence-corrected chi connectivity index (χ1v) is 8.18. The average molecular weight is 388 g/mol. The van der Waals surface area contributed by atoms with Crippen LogP contribution in [0.4, 0.5) is 0 Å². The molecule has 0 saturated carbocycles. The highest BCUT2D eigenvalue weighted by Gasteiger charge is 2.23. The van der Waals surface area contributed by atoms with Crippen LogP contribution in [0, 0.1) is 9.49 Å². The van der Waals surface area contributed by atoms with Crippen molar-refractivity contribution in [2.75, 3.05) is 26.2 Å². The lowest BCUT2D eigenvalue weighted by atomic mass is 9.96. The largest absolute Gasteiger partial charge is 0.507 e. The summed E-state index contributed by atoms with van der Waals surface area (Å²) < 4.78 is 0.767. The number of phenolic OH excluding ortho intramolecular Hbond substituents is 1. The standard InChI is InChI=1S/C15H21IN2O2/c1-2-17-10-11-5-7-18(8-6-11)15(20)12-3-4-13(16)14(19)9-12/h3-4,9,11,17,19H,2,5-8,10H2,1H3. The predicted molar refractivity (Wildman–Crippen MR) is 88.0 cm³/mol. The molecule has 0 radical (unpaired) electrons. The van der Waals surface area contributed by atoms with Crippen LogP contribution in [-0.2, 0) is 0 Å². The molecule has 1 aliphatic heterocycles. The summed E-state index contributed by atoms with van der Waals surface area (Å²) in [5.41, 5.74) is 0.577. The van der Waals surface area contributed by atoms with Crippen LogP contribution in [0.1, 0.15) is 30.1 Å². The molecular weight excluding hydrogens is 367 g/mol. The number of hydrogen-bond donors (Lipinski definition) is 2. The lowest BCUT2D eigenvalue weighted by Crippen LogP contribution is -2.40. The summed E-state index contributed by atoms with van der Waals surface area (Å²) in [4.78, 5) is 14.3. The predicted octanol–water partition coefficient (Wildman–Crippen LogP) is 2.46. The molecular formula is C15H21IN2O2. The number of phenols is 1. The summed E-state index contributed by atoms with van der Waals surface area (Å²) in [5, 5.41) is 13.1. The second kappa shape index (κ2) is 7.26. The minimum absolute atomic E-state index is 0.0265. The summed E-state index contributed by atoms with van der Waals surface area (Å²) >= 11 is 2.05. The van der Waals surface area contributed by atoms with E-state index in [1.54, 1.807) is 18.2 Å². The molecule has 0 aliphatic carbocycles.